The standard InChI is InChI=1S/C18H25N7OS.HI/c1-3-15-22-18(27-23-15)25-9-7-24(8-10-25)17(20-2)21-12-13-5-4-6-14(11-13)16(19)26;/h4-6,11H,3,7-10,12H2,1-2H3,(H2,19,26)(H,20,21);1H. The number of anilines is 1. The fourth-order valence-corrected chi connectivity index (χ4v) is 3.78. The number of rotatable bonds is 5. The maximum atomic E-state index is 11.3. The van der Waals surface area contributed by atoms with Crippen LogP contribution in [0.2, 0.25) is 0 Å². The maximum Gasteiger partial charge on any atom is 0.248 e. The first kappa shape index (κ1) is 22.3. The first-order valence-corrected chi connectivity index (χ1v) is 9.80. The van der Waals surface area contributed by atoms with Crippen molar-refractivity contribution in [3.05, 3.63) is 41.2 Å². The number of hydrogen-bond acceptors (Lipinski definition) is 6. The molecule has 10 heteroatoms. The van der Waals surface area contributed by atoms with Gasteiger partial charge in [0.05, 0.1) is 0 Å². The molecule has 1 aliphatic heterocycles. The molecular formula is C18H26IN7OS. The minimum absolute atomic E-state index is 0. The number of nitrogens with zero attached hydrogens (tertiary/aromatic N) is 5. The summed E-state index contributed by atoms with van der Waals surface area (Å²) in [7, 11) is 1.78. The maximum absolute atomic E-state index is 11.3. The van der Waals surface area contributed by atoms with Crippen molar-refractivity contribution in [2.45, 2.75) is 19.9 Å². The van der Waals surface area contributed by atoms with Crippen molar-refractivity contribution >= 4 is 52.5 Å². The minimum atomic E-state index is -0.416. The third-order valence-corrected chi connectivity index (χ3v) is 5.31. The van der Waals surface area contributed by atoms with Crippen molar-refractivity contribution in [3.63, 3.8) is 0 Å². The van der Waals surface area contributed by atoms with Gasteiger partial charge in [-0.3, -0.25) is 9.79 Å². The second kappa shape index (κ2) is 10.6. The van der Waals surface area contributed by atoms with Crippen LogP contribution in [0.15, 0.2) is 29.3 Å². The molecule has 2 aromatic rings. The number of carbonyl (C=O) groups excluding carboxylic acids is 1. The van der Waals surface area contributed by atoms with Crippen LogP contribution in [0.1, 0.15) is 28.7 Å². The molecule has 1 saturated heterocycles. The van der Waals surface area contributed by atoms with E-state index in [1.54, 1.807) is 19.2 Å². The van der Waals surface area contributed by atoms with E-state index >= 15 is 0 Å². The number of halogens is 1. The number of benzene rings is 1. The average Bonchev–Trinajstić information content (AvgIpc) is 3.18. The normalized spacial score (nSPS) is 14.6. The summed E-state index contributed by atoms with van der Waals surface area (Å²) in [5.74, 6) is 1.35. The van der Waals surface area contributed by atoms with Gasteiger partial charge in [0.2, 0.25) is 11.0 Å². The number of nitrogens with one attached hydrogen (secondary N) is 1. The predicted molar refractivity (Wildman–Crippen MR) is 124 cm³/mol. The van der Waals surface area contributed by atoms with Crippen LogP contribution in [0.5, 0.6) is 0 Å². The Labute approximate surface area is 186 Å². The predicted octanol–water partition coefficient (Wildman–Crippen LogP) is 1.71. The quantitative estimate of drug-likeness (QED) is 0.358. The zero-order valence-electron chi connectivity index (χ0n) is 16.1. The van der Waals surface area contributed by atoms with Gasteiger partial charge in [0.25, 0.3) is 0 Å². The highest BCUT2D eigenvalue weighted by Crippen LogP contribution is 2.19. The average molecular weight is 515 g/mol. The number of aromatic nitrogens is 2. The summed E-state index contributed by atoms with van der Waals surface area (Å²) in [6.45, 7) is 6.15. The molecule has 3 rings (SSSR count). The van der Waals surface area contributed by atoms with Gasteiger partial charge >= 0.3 is 0 Å². The lowest BCUT2D eigenvalue weighted by atomic mass is 10.1. The molecule has 1 fully saturated rings. The molecule has 28 heavy (non-hydrogen) atoms. The Bertz CT molecular complexity index is 818. The van der Waals surface area contributed by atoms with Crippen molar-refractivity contribution in [1.82, 2.24) is 19.6 Å². The lowest BCUT2D eigenvalue weighted by molar-refractivity contribution is 0.1000. The van der Waals surface area contributed by atoms with E-state index in [0.717, 1.165) is 55.1 Å². The van der Waals surface area contributed by atoms with Crippen LogP contribution in [0.3, 0.4) is 0 Å². The van der Waals surface area contributed by atoms with E-state index in [0.29, 0.717) is 12.1 Å². The molecule has 0 spiro atoms. The molecule has 0 aliphatic carbocycles. The van der Waals surface area contributed by atoms with Gasteiger partial charge in [-0.15, -0.1) is 24.0 Å². The van der Waals surface area contributed by atoms with Gasteiger partial charge in [-0.25, -0.2) is 4.98 Å². The van der Waals surface area contributed by atoms with Gasteiger partial charge in [-0.1, -0.05) is 19.1 Å². The Balaban J connectivity index is 0.00000280. The molecule has 1 aromatic carbocycles. The van der Waals surface area contributed by atoms with Crippen molar-refractivity contribution in [3.8, 4) is 0 Å². The zero-order valence-corrected chi connectivity index (χ0v) is 19.2. The Kier molecular flexibility index (Phi) is 8.42. The van der Waals surface area contributed by atoms with E-state index in [2.05, 4.69) is 36.4 Å². The number of guanidine groups is 1. The molecule has 0 unspecified atom stereocenters. The Hall–Kier alpha value is -1.95. The molecule has 152 valence electrons. The first-order chi connectivity index (χ1) is 13.1. The van der Waals surface area contributed by atoms with E-state index < -0.39 is 5.91 Å². The van der Waals surface area contributed by atoms with Crippen molar-refractivity contribution < 1.29 is 4.79 Å². The van der Waals surface area contributed by atoms with Crippen LogP contribution < -0.4 is 16.0 Å². The third kappa shape index (κ3) is 5.53. The highest BCUT2D eigenvalue weighted by molar-refractivity contribution is 14.0. The Morgan fingerprint density at radius 3 is 2.68 bits per heavy atom. The van der Waals surface area contributed by atoms with Crippen molar-refractivity contribution in [2.75, 3.05) is 38.1 Å². The second-order valence-electron chi connectivity index (χ2n) is 6.29. The molecule has 1 aromatic heterocycles. The van der Waals surface area contributed by atoms with Crippen LogP contribution in [0.25, 0.3) is 0 Å². The second-order valence-corrected chi connectivity index (χ2v) is 7.02. The first-order valence-electron chi connectivity index (χ1n) is 9.02. The Morgan fingerprint density at radius 1 is 1.32 bits per heavy atom. The van der Waals surface area contributed by atoms with Gasteiger partial charge in [0, 0.05) is 63.3 Å². The van der Waals surface area contributed by atoms with Gasteiger partial charge in [0.1, 0.15) is 5.82 Å². The smallest absolute Gasteiger partial charge is 0.248 e. The summed E-state index contributed by atoms with van der Waals surface area (Å²) in [6.07, 6.45) is 0.865. The molecule has 1 aliphatic rings. The van der Waals surface area contributed by atoms with E-state index in [1.165, 1.54) is 11.5 Å². The number of amides is 1. The van der Waals surface area contributed by atoms with Crippen LogP contribution >= 0.6 is 35.5 Å². The van der Waals surface area contributed by atoms with Crippen molar-refractivity contribution in [2.24, 2.45) is 10.7 Å². The summed E-state index contributed by atoms with van der Waals surface area (Å²) < 4.78 is 4.37. The van der Waals surface area contributed by atoms with Crippen LogP contribution in [0.4, 0.5) is 5.13 Å². The SMILES string of the molecule is CCc1nsc(N2CCN(C(=NC)NCc3cccc(C(N)=O)c3)CC2)n1.I. The summed E-state index contributed by atoms with van der Waals surface area (Å²) in [5, 5.41) is 4.37. The number of aryl methyl sites for hydroxylation is 1. The van der Waals surface area contributed by atoms with E-state index in [4.69, 9.17) is 5.73 Å². The molecule has 1 amide bonds. The lowest BCUT2D eigenvalue weighted by Gasteiger charge is -2.36. The number of piperazine rings is 1. The molecule has 0 saturated carbocycles. The highest BCUT2D eigenvalue weighted by Gasteiger charge is 2.22. The molecule has 2 heterocycles. The summed E-state index contributed by atoms with van der Waals surface area (Å²) in [5.41, 5.74) is 6.86. The minimum Gasteiger partial charge on any atom is -0.366 e. The zero-order chi connectivity index (χ0) is 19.2. The van der Waals surface area contributed by atoms with E-state index in [-0.39, 0.29) is 24.0 Å². The molecule has 8 nitrogen and oxygen atoms in total. The fraction of sp³-hybridized carbons (Fsp3) is 0.444. The summed E-state index contributed by atoms with van der Waals surface area (Å²) >= 11 is 1.47. The van der Waals surface area contributed by atoms with E-state index in [1.807, 2.05) is 12.1 Å². The number of carbonyl (C=O) groups is 1. The lowest BCUT2D eigenvalue weighted by Crippen LogP contribution is -2.52. The molecule has 3 N–H and O–H groups in total. The summed E-state index contributed by atoms with van der Waals surface area (Å²) in [4.78, 5) is 24.8. The molecule has 0 radical (unpaired) electrons. The van der Waals surface area contributed by atoms with Gasteiger partial charge in [-0.05, 0) is 17.7 Å². The highest BCUT2D eigenvalue weighted by atomic mass is 127. The third-order valence-electron chi connectivity index (χ3n) is 4.50. The monoisotopic (exact) mass is 515 g/mol. The number of hydrogen-bond donors (Lipinski definition) is 2. The largest absolute Gasteiger partial charge is 0.366 e. The topological polar surface area (TPSA) is 99.7 Å². The van der Waals surface area contributed by atoms with Crippen LogP contribution in [-0.4, -0.2) is 59.4 Å². The molecule has 0 atom stereocenters. The Morgan fingerprint density at radius 2 is 2.07 bits per heavy atom. The molecular weight excluding hydrogens is 489 g/mol. The number of aliphatic imine (C=N–C) groups is 1. The van der Waals surface area contributed by atoms with Crippen LogP contribution in [-0.2, 0) is 13.0 Å². The fourth-order valence-electron chi connectivity index (χ4n) is 2.97. The van der Waals surface area contributed by atoms with Gasteiger partial charge < -0.3 is 20.9 Å². The molecule has 0 bridgehead atoms. The van der Waals surface area contributed by atoms with Crippen LogP contribution in [0, 0.1) is 0 Å². The summed E-state index contributed by atoms with van der Waals surface area (Å²) in [6, 6.07) is 7.33. The van der Waals surface area contributed by atoms with Gasteiger partial charge in [0.15, 0.2) is 5.96 Å². The van der Waals surface area contributed by atoms with Crippen molar-refractivity contribution in [1.29, 1.82) is 0 Å². The number of primary amides is 1. The van der Waals surface area contributed by atoms with E-state index in [9.17, 15) is 4.79 Å². The number of nitrogens with two attached hydrogens (primary N) is 1. The van der Waals surface area contributed by atoms with Gasteiger partial charge in [-0.2, -0.15) is 4.37 Å².